The van der Waals surface area contributed by atoms with E-state index in [0.717, 1.165) is 30.1 Å². The maximum Gasteiger partial charge on any atom is 0.242 e. The van der Waals surface area contributed by atoms with Crippen LogP contribution in [-0.4, -0.2) is 56.5 Å². The first kappa shape index (κ1) is 21.0. The van der Waals surface area contributed by atoms with E-state index in [1.54, 1.807) is 12.0 Å². The minimum atomic E-state index is -0.126. The number of methoxy groups -OCH3 is 1. The minimum absolute atomic E-state index is 0.0358. The lowest BCUT2D eigenvalue weighted by atomic mass is 10.1. The maximum absolute atomic E-state index is 12.4. The van der Waals surface area contributed by atoms with Crippen LogP contribution < -0.4 is 15.0 Å². The lowest BCUT2D eigenvalue weighted by Crippen LogP contribution is -2.51. The molecule has 154 valence electrons. The monoisotopic (exact) mass is 415 g/mol. The van der Waals surface area contributed by atoms with Crippen LogP contribution >= 0.6 is 11.6 Å². The van der Waals surface area contributed by atoms with Crippen molar-refractivity contribution in [2.75, 3.05) is 44.7 Å². The molecule has 2 aromatic carbocycles. The Bertz CT molecular complexity index is 851. The summed E-state index contributed by atoms with van der Waals surface area (Å²) in [5, 5.41) is 3.44. The zero-order valence-corrected chi connectivity index (χ0v) is 17.3. The average molecular weight is 416 g/mol. The number of halogens is 1. The van der Waals surface area contributed by atoms with Gasteiger partial charge in [0.2, 0.25) is 11.8 Å². The molecule has 1 heterocycles. The van der Waals surface area contributed by atoms with Crippen LogP contribution in [0.2, 0.25) is 5.02 Å². The lowest BCUT2D eigenvalue weighted by molar-refractivity contribution is -0.133. The number of aryl methyl sites for hydroxylation is 1. The van der Waals surface area contributed by atoms with Crippen LogP contribution in [0.5, 0.6) is 5.75 Å². The molecule has 1 fully saturated rings. The Balaban J connectivity index is 1.39. The van der Waals surface area contributed by atoms with Gasteiger partial charge in [0.25, 0.3) is 0 Å². The molecule has 0 bridgehead atoms. The number of rotatable bonds is 7. The Kier molecular flexibility index (Phi) is 7.36. The average Bonchev–Trinajstić information content (AvgIpc) is 2.76. The summed E-state index contributed by atoms with van der Waals surface area (Å²) in [4.78, 5) is 28.5. The summed E-state index contributed by atoms with van der Waals surface area (Å²) in [5.74, 6) is 0.596. The van der Waals surface area contributed by atoms with Crippen molar-refractivity contribution in [2.24, 2.45) is 0 Å². The molecule has 2 aromatic rings. The van der Waals surface area contributed by atoms with Gasteiger partial charge in [-0.2, -0.15) is 0 Å². The zero-order valence-electron chi connectivity index (χ0n) is 16.6. The number of carbonyl (C=O) groups excluding carboxylic acids is 2. The first-order valence-corrected chi connectivity index (χ1v) is 10.1. The summed E-state index contributed by atoms with van der Waals surface area (Å²) in [6.07, 6.45) is 0.943. The van der Waals surface area contributed by atoms with Crippen molar-refractivity contribution in [1.29, 1.82) is 0 Å². The van der Waals surface area contributed by atoms with Crippen LogP contribution in [0.3, 0.4) is 0 Å². The fourth-order valence-electron chi connectivity index (χ4n) is 3.35. The molecule has 7 heteroatoms. The summed E-state index contributed by atoms with van der Waals surface area (Å²) >= 11 is 6.06. The number of anilines is 1. The van der Waals surface area contributed by atoms with Crippen LogP contribution in [0.15, 0.2) is 48.5 Å². The predicted molar refractivity (Wildman–Crippen MR) is 115 cm³/mol. The standard InChI is InChI=1S/C22H26ClN3O3/c1-29-20-7-2-4-17(14-20)8-9-21(27)24-16-22(28)26-12-10-25(11-13-26)19-6-3-5-18(23)15-19/h2-7,14-15H,8-13,16H2,1H3,(H,24,27). The van der Waals surface area contributed by atoms with Gasteiger partial charge in [-0.1, -0.05) is 29.8 Å². The van der Waals surface area contributed by atoms with Crippen molar-refractivity contribution in [3.8, 4) is 5.75 Å². The Labute approximate surface area is 176 Å². The predicted octanol–water partition coefficient (Wildman–Crippen LogP) is 2.75. The second-order valence-electron chi connectivity index (χ2n) is 6.98. The highest BCUT2D eigenvalue weighted by atomic mass is 35.5. The highest BCUT2D eigenvalue weighted by Crippen LogP contribution is 2.20. The van der Waals surface area contributed by atoms with Crippen molar-refractivity contribution in [2.45, 2.75) is 12.8 Å². The first-order chi connectivity index (χ1) is 14.0. The van der Waals surface area contributed by atoms with E-state index >= 15 is 0 Å². The zero-order chi connectivity index (χ0) is 20.6. The van der Waals surface area contributed by atoms with Gasteiger partial charge in [0.05, 0.1) is 13.7 Å². The van der Waals surface area contributed by atoms with E-state index in [1.807, 2.05) is 48.5 Å². The molecule has 0 saturated carbocycles. The topological polar surface area (TPSA) is 61.9 Å². The second kappa shape index (κ2) is 10.2. The summed E-state index contributed by atoms with van der Waals surface area (Å²) in [6.45, 7) is 2.79. The molecule has 1 N–H and O–H groups in total. The summed E-state index contributed by atoms with van der Waals surface area (Å²) < 4.78 is 5.19. The molecule has 0 aromatic heterocycles. The summed E-state index contributed by atoms with van der Waals surface area (Å²) in [6, 6.07) is 15.4. The maximum atomic E-state index is 12.4. The number of hydrogen-bond acceptors (Lipinski definition) is 4. The van der Waals surface area contributed by atoms with E-state index in [4.69, 9.17) is 16.3 Å². The Morgan fingerprint density at radius 2 is 1.83 bits per heavy atom. The van der Waals surface area contributed by atoms with E-state index in [9.17, 15) is 9.59 Å². The molecule has 0 spiro atoms. The normalized spacial score (nSPS) is 13.9. The number of benzene rings is 2. The van der Waals surface area contributed by atoms with Crippen LogP contribution in [0.1, 0.15) is 12.0 Å². The molecular weight excluding hydrogens is 390 g/mol. The van der Waals surface area contributed by atoms with Gasteiger partial charge in [0.15, 0.2) is 0 Å². The fraction of sp³-hybridized carbons (Fsp3) is 0.364. The van der Waals surface area contributed by atoms with Gasteiger partial charge in [-0.25, -0.2) is 0 Å². The van der Waals surface area contributed by atoms with E-state index < -0.39 is 0 Å². The third-order valence-electron chi connectivity index (χ3n) is 5.02. The van der Waals surface area contributed by atoms with Crippen LogP contribution in [-0.2, 0) is 16.0 Å². The first-order valence-electron chi connectivity index (χ1n) is 9.73. The minimum Gasteiger partial charge on any atom is -0.497 e. The van der Waals surface area contributed by atoms with Crippen molar-refractivity contribution in [3.63, 3.8) is 0 Å². The highest BCUT2D eigenvalue weighted by molar-refractivity contribution is 6.30. The molecule has 2 amide bonds. The summed E-state index contributed by atoms with van der Waals surface area (Å²) in [7, 11) is 1.62. The number of hydrogen-bond donors (Lipinski definition) is 1. The SMILES string of the molecule is COc1cccc(CCC(=O)NCC(=O)N2CCN(c3cccc(Cl)c3)CC2)c1. The highest BCUT2D eigenvalue weighted by Gasteiger charge is 2.21. The van der Waals surface area contributed by atoms with Gasteiger partial charge in [0, 0.05) is 43.3 Å². The molecule has 1 aliphatic rings. The Hall–Kier alpha value is -2.73. The number of nitrogens with zero attached hydrogens (tertiary/aromatic N) is 2. The smallest absolute Gasteiger partial charge is 0.242 e. The van der Waals surface area contributed by atoms with Gasteiger partial charge < -0.3 is 19.9 Å². The number of ether oxygens (including phenoxy) is 1. The molecule has 6 nitrogen and oxygen atoms in total. The van der Waals surface area contributed by atoms with Gasteiger partial charge in [-0.3, -0.25) is 9.59 Å². The summed E-state index contributed by atoms with van der Waals surface area (Å²) in [5.41, 5.74) is 2.10. The number of piperazine rings is 1. The number of amides is 2. The van der Waals surface area contributed by atoms with Crippen molar-refractivity contribution >= 4 is 29.1 Å². The molecule has 1 saturated heterocycles. The van der Waals surface area contributed by atoms with Crippen LogP contribution in [0, 0.1) is 0 Å². The number of nitrogens with one attached hydrogen (secondary N) is 1. The quantitative estimate of drug-likeness (QED) is 0.755. The number of carbonyl (C=O) groups is 2. The second-order valence-corrected chi connectivity index (χ2v) is 7.41. The molecule has 0 unspecified atom stereocenters. The molecule has 1 aliphatic heterocycles. The Morgan fingerprint density at radius 1 is 1.07 bits per heavy atom. The molecular formula is C22H26ClN3O3. The lowest BCUT2D eigenvalue weighted by Gasteiger charge is -2.36. The third kappa shape index (κ3) is 6.12. The molecule has 0 radical (unpaired) electrons. The van der Waals surface area contributed by atoms with E-state index in [-0.39, 0.29) is 18.4 Å². The van der Waals surface area contributed by atoms with Crippen LogP contribution in [0.25, 0.3) is 0 Å². The van der Waals surface area contributed by atoms with Crippen molar-refractivity contribution in [3.05, 3.63) is 59.1 Å². The van der Waals surface area contributed by atoms with Gasteiger partial charge in [0.1, 0.15) is 5.75 Å². The van der Waals surface area contributed by atoms with Gasteiger partial charge in [-0.15, -0.1) is 0 Å². The Morgan fingerprint density at radius 3 is 2.55 bits per heavy atom. The third-order valence-corrected chi connectivity index (χ3v) is 5.25. The largest absolute Gasteiger partial charge is 0.497 e. The van der Waals surface area contributed by atoms with E-state index in [2.05, 4.69) is 10.2 Å². The van der Waals surface area contributed by atoms with Crippen molar-refractivity contribution in [1.82, 2.24) is 10.2 Å². The van der Waals surface area contributed by atoms with Gasteiger partial charge >= 0.3 is 0 Å². The van der Waals surface area contributed by atoms with Gasteiger partial charge in [-0.05, 0) is 42.3 Å². The van der Waals surface area contributed by atoms with E-state index in [1.165, 1.54) is 0 Å². The molecule has 0 atom stereocenters. The van der Waals surface area contributed by atoms with Crippen molar-refractivity contribution < 1.29 is 14.3 Å². The fourth-order valence-corrected chi connectivity index (χ4v) is 3.53. The van der Waals surface area contributed by atoms with E-state index in [0.29, 0.717) is 31.0 Å². The molecule has 0 aliphatic carbocycles. The van der Waals surface area contributed by atoms with Crippen LogP contribution in [0.4, 0.5) is 5.69 Å². The molecule has 29 heavy (non-hydrogen) atoms. The molecule has 3 rings (SSSR count).